The molecular weight excluding hydrogens is 308 g/mol. The Morgan fingerprint density at radius 2 is 2.05 bits per heavy atom. The molecule has 5 nitrogen and oxygen atoms in total. The Balaban J connectivity index is 1.74. The summed E-state index contributed by atoms with van der Waals surface area (Å²) in [7, 11) is 0. The summed E-state index contributed by atoms with van der Waals surface area (Å²) in [5.41, 5.74) is 0.817. The molecule has 2 fully saturated rings. The van der Waals surface area contributed by atoms with Gasteiger partial charge in [-0.1, -0.05) is 0 Å². The Bertz CT molecular complexity index is 540. The van der Waals surface area contributed by atoms with Gasteiger partial charge in [0.2, 0.25) is 5.91 Å². The van der Waals surface area contributed by atoms with E-state index in [0.717, 1.165) is 30.2 Å². The van der Waals surface area contributed by atoms with Gasteiger partial charge in [-0.2, -0.15) is 11.8 Å². The first-order valence-corrected chi connectivity index (χ1v) is 9.29. The van der Waals surface area contributed by atoms with Crippen LogP contribution in [0.2, 0.25) is 0 Å². The van der Waals surface area contributed by atoms with Crippen LogP contribution in [0.5, 0.6) is 0 Å². The molecule has 1 aromatic heterocycles. The number of hydrogen-bond donors (Lipinski definition) is 0. The van der Waals surface area contributed by atoms with E-state index in [1.165, 1.54) is 6.26 Å². The molecule has 0 saturated carbocycles. The fourth-order valence-corrected chi connectivity index (χ4v) is 4.61. The number of furan rings is 1. The van der Waals surface area contributed by atoms with Crippen molar-refractivity contribution in [3.05, 3.63) is 23.7 Å². The lowest BCUT2D eigenvalue weighted by molar-refractivity contribution is -0.134. The molecule has 114 valence electrons. The third-order valence-electron chi connectivity index (χ3n) is 3.81. The maximum Gasteiger partial charge on any atom is 0.291 e. The van der Waals surface area contributed by atoms with Crippen LogP contribution in [0, 0.1) is 6.92 Å². The van der Waals surface area contributed by atoms with E-state index in [-0.39, 0.29) is 17.9 Å². The zero-order chi connectivity index (χ0) is 14.8. The Morgan fingerprint density at radius 3 is 2.71 bits per heavy atom. The number of nitrogens with zero attached hydrogens (tertiary/aromatic N) is 2. The highest BCUT2D eigenvalue weighted by molar-refractivity contribution is 7.99. The zero-order valence-electron chi connectivity index (χ0n) is 11.9. The van der Waals surface area contributed by atoms with Crippen molar-refractivity contribution in [3.8, 4) is 0 Å². The van der Waals surface area contributed by atoms with Crippen molar-refractivity contribution >= 4 is 35.3 Å². The van der Waals surface area contributed by atoms with Gasteiger partial charge in [0.05, 0.1) is 12.1 Å². The third kappa shape index (κ3) is 2.94. The van der Waals surface area contributed by atoms with E-state index >= 15 is 0 Å². The summed E-state index contributed by atoms with van der Waals surface area (Å²) in [5, 5.41) is 0. The molecule has 1 unspecified atom stereocenters. The van der Waals surface area contributed by atoms with E-state index in [1.54, 1.807) is 22.7 Å². The Hall–Kier alpha value is -1.08. The van der Waals surface area contributed by atoms with Crippen LogP contribution in [0.15, 0.2) is 16.7 Å². The second kappa shape index (κ2) is 6.36. The van der Waals surface area contributed by atoms with Gasteiger partial charge in [0.1, 0.15) is 6.04 Å². The largest absolute Gasteiger partial charge is 0.459 e. The van der Waals surface area contributed by atoms with E-state index in [4.69, 9.17) is 4.42 Å². The molecule has 0 aliphatic carbocycles. The molecule has 21 heavy (non-hydrogen) atoms. The molecule has 3 rings (SSSR count). The van der Waals surface area contributed by atoms with E-state index < -0.39 is 0 Å². The fraction of sp³-hybridized carbons (Fsp3) is 0.571. The Morgan fingerprint density at radius 1 is 1.29 bits per heavy atom. The van der Waals surface area contributed by atoms with Crippen LogP contribution in [-0.4, -0.2) is 63.9 Å². The lowest BCUT2D eigenvalue weighted by Crippen LogP contribution is -2.51. The molecule has 7 heteroatoms. The summed E-state index contributed by atoms with van der Waals surface area (Å²) >= 11 is 3.50. The molecule has 1 aromatic rings. The van der Waals surface area contributed by atoms with Crippen LogP contribution >= 0.6 is 23.5 Å². The van der Waals surface area contributed by atoms with Crippen LogP contribution in [0.3, 0.4) is 0 Å². The third-order valence-corrected chi connectivity index (χ3v) is 5.76. The van der Waals surface area contributed by atoms with Gasteiger partial charge in [0.25, 0.3) is 5.91 Å². The topological polar surface area (TPSA) is 53.8 Å². The van der Waals surface area contributed by atoms with Crippen molar-refractivity contribution in [3.63, 3.8) is 0 Å². The molecule has 2 saturated heterocycles. The molecule has 2 aliphatic heterocycles. The van der Waals surface area contributed by atoms with Crippen molar-refractivity contribution in [1.29, 1.82) is 0 Å². The first-order chi connectivity index (χ1) is 10.2. The van der Waals surface area contributed by atoms with Gasteiger partial charge in [-0.05, 0) is 13.0 Å². The quantitative estimate of drug-likeness (QED) is 0.828. The molecule has 1 atom stereocenters. The molecule has 0 N–H and O–H groups in total. The van der Waals surface area contributed by atoms with Gasteiger partial charge < -0.3 is 14.2 Å². The summed E-state index contributed by atoms with van der Waals surface area (Å²) in [6, 6.07) is 1.42. The Labute approximate surface area is 132 Å². The minimum absolute atomic E-state index is 0.0814. The number of aryl methyl sites for hydroxylation is 1. The van der Waals surface area contributed by atoms with Crippen molar-refractivity contribution in [2.45, 2.75) is 13.0 Å². The summed E-state index contributed by atoms with van der Waals surface area (Å²) in [6.45, 7) is 3.41. The second-order valence-electron chi connectivity index (χ2n) is 5.16. The van der Waals surface area contributed by atoms with E-state index in [2.05, 4.69) is 0 Å². The van der Waals surface area contributed by atoms with Gasteiger partial charge in [-0.15, -0.1) is 11.8 Å². The molecule has 0 aromatic carbocycles. The number of hydrogen-bond acceptors (Lipinski definition) is 5. The monoisotopic (exact) mass is 326 g/mol. The fourth-order valence-electron chi connectivity index (χ4n) is 2.56. The lowest BCUT2D eigenvalue weighted by atomic mass is 10.2. The highest BCUT2D eigenvalue weighted by atomic mass is 32.2. The number of thioether (sulfide) groups is 2. The lowest BCUT2D eigenvalue weighted by Gasteiger charge is -2.31. The first-order valence-electron chi connectivity index (χ1n) is 6.98. The summed E-state index contributed by atoms with van der Waals surface area (Å²) in [5.74, 6) is 3.45. The second-order valence-corrected chi connectivity index (χ2v) is 7.39. The molecular formula is C14H18N2O3S2. The van der Waals surface area contributed by atoms with E-state index in [1.807, 2.05) is 23.6 Å². The molecule has 0 spiro atoms. The zero-order valence-corrected chi connectivity index (χ0v) is 13.5. The van der Waals surface area contributed by atoms with Crippen LogP contribution in [0.25, 0.3) is 0 Å². The standard InChI is InChI=1S/C14H18N2O3S2/c1-10-2-5-19-12(10)14(18)16-9-21-8-11(16)13(17)15-3-6-20-7-4-15/h2,5,11H,3-4,6-9H2,1H3. The SMILES string of the molecule is Cc1ccoc1C(=O)N1CSCC1C(=O)N1CCSCC1. The number of carbonyl (C=O) groups excluding carboxylic acids is 2. The van der Waals surface area contributed by atoms with Crippen LogP contribution in [0.4, 0.5) is 0 Å². The maximum absolute atomic E-state index is 12.6. The highest BCUT2D eigenvalue weighted by Gasteiger charge is 2.38. The van der Waals surface area contributed by atoms with Crippen molar-refractivity contribution in [1.82, 2.24) is 9.80 Å². The van der Waals surface area contributed by atoms with Crippen LogP contribution in [0.1, 0.15) is 16.1 Å². The summed E-state index contributed by atoms with van der Waals surface area (Å²) < 4.78 is 5.28. The van der Waals surface area contributed by atoms with Crippen LogP contribution < -0.4 is 0 Å². The van der Waals surface area contributed by atoms with E-state index in [9.17, 15) is 9.59 Å². The van der Waals surface area contributed by atoms with Crippen molar-refractivity contribution < 1.29 is 14.0 Å². The first kappa shape index (κ1) is 14.8. The molecule has 2 aliphatic rings. The van der Waals surface area contributed by atoms with Gasteiger partial charge in [-0.3, -0.25) is 9.59 Å². The minimum Gasteiger partial charge on any atom is -0.459 e. The Kier molecular flexibility index (Phi) is 4.49. The predicted molar refractivity (Wildman–Crippen MR) is 84.6 cm³/mol. The normalized spacial score (nSPS) is 22.6. The minimum atomic E-state index is -0.352. The predicted octanol–water partition coefficient (Wildman–Crippen LogP) is 1.68. The van der Waals surface area contributed by atoms with Crippen molar-refractivity contribution in [2.75, 3.05) is 36.2 Å². The van der Waals surface area contributed by atoms with Gasteiger partial charge in [0.15, 0.2) is 5.76 Å². The highest BCUT2D eigenvalue weighted by Crippen LogP contribution is 2.26. The van der Waals surface area contributed by atoms with Gasteiger partial charge in [0, 0.05) is 35.9 Å². The smallest absolute Gasteiger partial charge is 0.291 e. The number of carbonyl (C=O) groups is 2. The van der Waals surface area contributed by atoms with Gasteiger partial charge >= 0.3 is 0 Å². The maximum atomic E-state index is 12.6. The molecule has 0 bridgehead atoms. The van der Waals surface area contributed by atoms with Gasteiger partial charge in [-0.25, -0.2) is 0 Å². The molecule has 0 radical (unpaired) electrons. The number of rotatable bonds is 2. The average Bonchev–Trinajstić information content (AvgIpc) is 3.15. The summed E-state index contributed by atoms with van der Waals surface area (Å²) in [6.07, 6.45) is 1.52. The van der Waals surface area contributed by atoms with Crippen LogP contribution in [-0.2, 0) is 4.79 Å². The average molecular weight is 326 g/mol. The molecule has 2 amide bonds. The van der Waals surface area contributed by atoms with E-state index in [0.29, 0.717) is 17.4 Å². The summed E-state index contributed by atoms with van der Waals surface area (Å²) in [4.78, 5) is 28.8. The molecule has 3 heterocycles. The van der Waals surface area contributed by atoms with Crippen molar-refractivity contribution in [2.24, 2.45) is 0 Å². The number of amides is 2.